The summed E-state index contributed by atoms with van der Waals surface area (Å²) in [4.78, 5) is 45.7. The molecule has 4 N–H and O–H groups in total. The second kappa shape index (κ2) is 10.0. The first-order chi connectivity index (χ1) is 12.2. The van der Waals surface area contributed by atoms with Crippen LogP contribution in [0, 0.1) is 5.92 Å². The van der Waals surface area contributed by atoms with E-state index in [2.05, 4.69) is 5.32 Å². The van der Waals surface area contributed by atoms with Crippen LogP contribution in [0.3, 0.4) is 0 Å². The molecule has 26 heavy (non-hydrogen) atoms. The molecule has 0 fully saturated rings. The highest BCUT2D eigenvalue weighted by Gasteiger charge is 2.16. The molecule has 1 aromatic carbocycles. The highest BCUT2D eigenvalue weighted by Crippen LogP contribution is 2.18. The molecule has 0 heterocycles. The average Bonchev–Trinajstić information content (AvgIpc) is 2.59. The average molecular weight is 366 g/mol. The quantitative estimate of drug-likeness (QED) is 0.513. The fourth-order valence-corrected chi connectivity index (χ4v) is 2.00. The minimum atomic E-state index is -1.25. The fraction of sp³-hybridized carbons (Fsp3) is 0.412. The first kappa shape index (κ1) is 20.9. The van der Waals surface area contributed by atoms with Crippen molar-refractivity contribution >= 4 is 23.8 Å². The van der Waals surface area contributed by atoms with Crippen molar-refractivity contribution in [2.24, 2.45) is 11.7 Å². The van der Waals surface area contributed by atoms with Gasteiger partial charge in [0.25, 0.3) is 11.8 Å². The third-order valence-electron chi connectivity index (χ3n) is 3.35. The largest absolute Gasteiger partial charge is 0.484 e. The molecule has 1 rings (SSSR count). The van der Waals surface area contributed by atoms with E-state index in [0.717, 1.165) is 0 Å². The van der Waals surface area contributed by atoms with E-state index in [4.69, 9.17) is 20.3 Å². The van der Waals surface area contributed by atoms with Gasteiger partial charge < -0.3 is 25.6 Å². The van der Waals surface area contributed by atoms with Crippen LogP contribution in [0.15, 0.2) is 18.2 Å². The molecule has 1 aromatic rings. The Kier molecular flexibility index (Phi) is 8.07. The topological polar surface area (TPSA) is 145 Å². The van der Waals surface area contributed by atoms with E-state index < -0.39 is 24.4 Å². The van der Waals surface area contributed by atoms with Gasteiger partial charge in [0.1, 0.15) is 5.75 Å². The zero-order chi connectivity index (χ0) is 19.7. The number of amides is 2. The van der Waals surface area contributed by atoms with Gasteiger partial charge in [0.2, 0.25) is 0 Å². The Bertz CT molecular complexity index is 688. The van der Waals surface area contributed by atoms with E-state index >= 15 is 0 Å². The van der Waals surface area contributed by atoms with E-state index in [-0.39, 0.29) is 41.9 Å². The van der Waals surface area contributed by atoms with Crippen molar-refractivity contribution in [3.63, 3.8) is 0 Å². The molecule has 0 saturated heterocycles. The first-order valence-corrected chi connectivity index (χ1v) is 7.98. The Labute approximate surface area is 150 Å². The molecular weight excluding hydrogens is 344 g/mol. The lowest BCUT2D eigenvalue weighted by Gasteiger charge is -2.12. The highest BCUT2D eigenvalue weighted by molar-refractivity contribution is 5.98. The lowest BCUT2D eigenvalue weighted by Crippen LogP contribution is -2.28. The number of primary amides is 1. The molecule has 0 radical (unpaired) electrons. The molecule has 1 atom stereocenters. The lowest BCUT2D eigenvalue weighted by molar-refractivity contribution is -0.147. The number of nitrogens with two attached hydrogens (primary N) is 1. The molecule has 0 aliphatic carbocycles. The van der Waals surface area contributed by atoms with E-state index in [1.54, 1.807) is 13.8 Å². The van der Waals surface area contributed by atoms with Crippen LogP contribution in [0.2, 0.25) is 0 Å². The van der Waals surface area contributed by atoms with Gasteiger partial charge >= 0.3 is 11.9 Å². The van der Waals surface area contributed by atoms with Crippen LogP contribution in [0.4, 0.5) is 0 Å². The van der Waals surface area contributed by atoms with E-state index in [1.165, 1.54) is 18.2 Å². The summed E-state index contributed by atoms with van der Waals surface area (Å²) in [6.45, 7) is 3.44. The Morgan fingerprint density at radius 3 is 2.42 bits per heavy atom. The van der Waals surface area contributed by atoms with Gasteiger partial charge in [0, 0.05) is 12.1 Å². The lowest BCUT2D eigenvalue weighted by atomic mass is 10.1. The number of nitrogens with one attached hydrogen (secondary N) is 1. The summed E-state index contributed by atoms with van der Waals surface area (Å²) in [6.07, 6.45) is 0.369. The van der Waals surface area contributed by atoms with E-state index in [1.807, 2.05) is 0 Å². The fourth-order valence-electron chi connectivity index (χ4n) is 2.00. The maximum absolute atomic E-state index is 12.2. The normalized spacial score (nSPS) is 11.3. The molecule has 0 unspecified atom stereocenters. The van der Waals surface area contributed by atoms with Gasteiger partial charge in [-0.3, -0.25) is 14.4 Å². The number of carbonyl (C=O) groups excluding carboxylic acids is 3. The number of carbonyl (C=O) groups is 4. The van der Waals surface area contributed by atoms with Crippen molar-refractivity contribution in [2.75, 3.05) is 19.8 Å². The van der Waals surface area contributed by atoms with E-state index in [9.17, 15) is 19.2 Å². The summed E-state index contributed by atoms with van der Waals surface area (Å²) in [5, 5.41) is 11.7. The summed E-state index contributed by atoms with van der Waals surface area (Å²) in [5.41, 5.74) is 4.86. The Balaban J connectivity index is 2.76. The van der Waals surface area contributed by atoms with Crippen LogP contribution in [0.25, 0.3) is 0 Å². The Morgan fingerprint density at radius 1 is 1.19 bits per heavy atom. The van der Waals surface area contributed by atoms with Crippen LogP contribution >= 0.6 is 0 Å². The molecule has 9 heteroatoms. The molecule has 0 saturated carbocycles. The maximum Gasteiger partial charge on any atom is 0.335 e. The number of ether oxygens (including phenoxy) is 2. The number of rotatable bonds is 10. The van der Waals surface area contributed by atoms with E-state index in [0.29, 0.717) is 6.42 Å². The van der Waals surface area contributed by atoms with Gasteiger partial charge in [0.15, 0.2) is 6.61 Å². The molecule has 9 nitrogen and oxygen atoms in total. The van der Waals surface area contributed by atoms with Crippen LogP contribution in [0.1, 0.15) is 41.0 Å². The molecule has 142 valence electrons. The number of carboxylic acid groups (broad SMARTS) is 1. The van der Waals surface area contributed by atoms with Crippen molar-refractivity contribution in [3.8, 4) is 5.75 Å². The summed E-state index contributed by atoms with van der Waals surface area (Å²) in [5.74, 6) is -3.21. The summed E-state index contributed by atoms with van der Waals surface area (Å²) < 4.78 is 9.95. The van der Waals surface area contributed by atoms with Gasteiger partial charge in [-0.25, -0.2) is 4.79 Å². The summed E-state index contributed by atoms with van der Waals surface area (Å²) in [7, 11) is 0. The summed E-state index contributed by atoms with van der Waals surface area (Å²) in [6, 6.07) is 3.67. The number of hydrogen-bond acceptors (Lipinski definition) is 6. The predicted octanol–water partition coefficient (Wildman–Crippen LogP) is 0.568. The molecule has 0 spiro atoms. The first-order valence-electron chi connectivity index (χ1n) is 7.98. The monoisotopic (exact) mass is 366 g/mol. The Hall–Kier alpha value is -3.10. The maximum atomic E-state index is 12.2. The van der Waals surface area contributed by atoms with Crippen molar-refractivity contribution in [1.29, 1.82) is 0 Å². The van der Waals surface area contributed by atoms with Crippen LogP contribution in [-0.2, 0) is 14.3 Å². The van der Waals surface area contributed by atoms with Gasteiger partial charge in [-0.05, 0) is 31.5 Å². The van der Waals surface area contributed by atoms with Crippen molar-refractivity contribution in [2.45, 2.75) is 20.3 Å². The Morgan fingerprint density at radius 2 is 1.85 bits per heavy atom. The molecule has 0 bridgehead atoms. The van der Waals surface area contributed by atoms with Crippen LogP contribution < -0.4 is 15.8 Å². The van der Waals surface area contributed by atoms with Crippen molar-refractivity contribution in [3.05, 3.63) is 29.3 Å². The van der Waals surface area contributed by atoms with Gasteiger partial charge in [-0.2, -0.15) is 0 Å². The molecule has 0 aromatic heterocycles. The van der Waals surface area contributed by atoms with Crippen molar-refractivity contribution < 1.29 is 33.8 Å². The van der Waals surface area contributed by atoms with Gasteiger partial charge in [0.05, 0.1) is 18.1 Å². The molecule has 2 amide bonds. The number of hydrogen-bond donors (Lipinski definition) is 3. The van der Waals surface area contributed by atoms with Crippen LogP contribution in [-0.4, -0.2) is 48.6 Å². The van der Waals surface area contributed by atoms with Crippen LogP contribution in [0.5, 0.6) is 5.75 Å². The minimum absolute atomic E-state index is 0.0359. The number of aromatic carboxylic acids is 1. The predicted molar refractivity (Wildman–Crippen MR) is 90.8 cm³/mol. The highest BCUT2D eigenvalue weighted by atomic mass is 16.5. The molecule has 0 aliphatic rings. The zero-order valence-electron chi connectivity index (χ0n) is 14.6. The number of carboxylic acids is 1. The smallest absolute Gasteiger partial charge is 0.335 e. The number of esters is 1. The third kappa shape index (κ3) is 6.80. The zero-order valence-corrected chi connectivity index (χ0v) is 14.6. The molecule has 0 aliphatic heterocycles. The van der Waals surface area contributed by atoms with Gasteiger partial charge in [-0.1, -0.05) is 6.92 Å². The minimum Gasteiger partial charge on any atom is -0.484 e. The molecular formula is C17H22N2O7. The third-order valence-corrected chi connectivity index (χ3v) is 3.35. The van der Waals surface area contributed by atoms with Gasteiger partial charge in [-0.15, -0.1) is 0 Å². The van der Waals surface area contributed by atoms with Crippen molar-refractivity contribution in [1.82, 2.24) is 5.32 Å². The standard InChI is InChI=1S/C17H22N2O7/c1-3-25-17(24)10(2)4-5-19-15(21)11-6-12(16(22)23)8-13(7-11)26-9-14(18)20/h6-8,10H,3-5,9H2,1-2H3,(H2,18,20)(H,19,21)(H,22,23)/t10-/m1/s1. The number of benzene rings is 1. The summed E-state index contributed by atoms with van der Waals surface area (Å²) >= 11 is 0. The second-order valence-electron chi connectivity index (χ2n) is 5.50. The second-order valence-corrected chi connectivity index (χ2v) is 5.50. The SMILES string of the molecule is CCOC(=O)[C@H](C)CCNC(=O)c1cc(OCC(N)=O)cc(C(=O)O)c1.